The number of halogens is 1. The number of benzene rings is 2. The summed E-state index contributed by atoms with van der Waals surface area (Å²) in [5.74, 6) is 0.743. The van der Waals surface area contributed by atoms with Crippen molar-refractivity contribution in [2.75, 3.05) is 12.3 Å². The van der Waals surface area contributed by atoms with Crippen LogP contribution in [-0.4, -0.2) is 33.0 Å². The number of aromatic nitrogens is 3. The van der Waals surface area contributed by atoms with Crippen LogP contribution in [0, 0.1) is 5.82 Å². The van der Waals surface area contributed by atoms with Gasteiger partial charge in [-0.15, -0.1) is 10.2 Å². The highest BCUT2D eigenvalue weighted by Crippen LogP contribution is 2.17. The number of rotatable bonds is 8. The van der Waals surface area contributed by atoms with Crippen LogP contribution in [0.4, 0.5) is 4.39 Å². The highest BCUT2D eigenvalue weighted by Gasteiger charge is 2.12. The van der Waals surface area contributed by atoms with Crippen LogP contribution >= 0.6 is 11.8 Å². The molecule has 3 rings (SSSR count). The summed E-state index contributed by atoms with van der Waals surface area (Å²) < 4.78 is 15.5. The molecule has 0 aliphatic heterocycles. The molecule has 3 aromatic rings. The molecule has 1 amide bonds. The second-order valence-electron chi connectivity index (χ2n) is 6.10. The van der Waals surface area contributed by atoms with Crippen molar-refractivity contribution < 1.29 is 9.18 Å². The van der Waals surface area contributed by atoms with E-state index >= 15 is 0 Å². The molecule has 140 valence electrons. The molecule has 0 unspecified atom stereocenters. The van der Waals surface area contributed by atoms with Crippen molar-refractivity contribution in [1.29, 1.82) is 0 Å². The Kier molecular flexibility index (Phi) is 6.59. The molecule has 0 aliphatic rings. The highest BCUT2D eigenvalue weighted by atomic mass is 32.2. The van der Waals surface area contributed by atoms with Gasteiger partial charge in [-0.25, -0.2) is 4.39 Å². The summed E-state index contributed by atoms with van der Waals surface area (Å²) >= 11 is 1.34. The molecule has 2 aromatic carbocycles. The van der Waals surface area contributed by atoms with E-state index in [0.29, 0.717) is 30.1 Å². The lowest BCUT2D eigenvalue weighted by Gasteiger charge is -2.06. The number of hydrogen-bond donors (Lipinski definition) is 1. The molecule has 5 nitrogen and oxygen atoms in total. The number of hydrogen-bond acceptors (Lipinski definition) is 4. The van der Waals surface area contributed by atoms with Gasteiger partial charge in [-0.3, -0.25) is 4.79 Å². The Bertz CT molecular complexity index is 898. The first-order valence-electron chi connectivity index (χ1n) is 8.68. The van der Waals surface area contributed by atoms with Crippen molar-refractivity contribution in [3.8, 4) is 0 Å². The third-order valence-electron chi connectivity index (χ3n) is 4.14. The summed E-state index contributed by atoms with van der Waals surface area (Å²) in [4.78, 5) is 12.0. The van der Waals surface area contributed by atoms with Gasteiger partial charge in [-0.05, 0) is 23.6 Å². The van der Waals surface area contributed by atoms with E-state index in [1.165, 1.54) is 17.8 Å². The van der Waals surface area contributed by atoms with Gasteiger partial charge in [0.15, 0.2) is 5.16 Å². The van der Waals surface area contributed by atoms with Gasteiger partial charge >= 0.3 is 0 Å². The zero-order valence-corrected chi connectivity index (χ0v) is 15.9. The summed E-state index contributed by atoms with van der Waals surface area (Å²) in [5.41, 5.74) is 1.76. The van der Waals surface area contributed by atoms with Crippen LogP contribution in [0.5, 0.6) is 0 Å². The standard InChI is InChI=1S/C20H21FN4OS/c1-25-18(13-15-7-3-2-4-8-15)23-24-20(25)27-14-19(26)22-12-11-16-9-5-6-10-17(16)21/h2-10H,11-14H2,1H3,(H,22,26). The zero-order valence-electron chi connectivity index (χ0n) is 15.1. The molecular formula is C20H21FN4OS. The van der Waals surface area contributed by atoms with Crippen molar-refractivity contribution in [3.05, 3.63) is 77.4 Å². The molecule has 1 aromatic heterocycles. The number of thioether (sulfide) groups is 1. The van der Waals surface area contributed by atoms with Crippen molar-refractivity contribution >= 4 is 17.7 Å². The van der Waals surface area contributed by atoms with Gasteiger partial charge in [0.25, 0.3) is 0 Å². The van der Waals surface area contributed by atoms with Crippen LogP contribution < -0.4 is 5.32 Å². The van der Waals surface area contributed by atoms with E-state index in [2.05, 4.69) is 15.5 Å². The molecule has 0 atom stereocenters. The molecule has 1 N–H and O–H groups in total. The van der Waals surface area contributed by atoms with Gasteiger partial charge in [0.1, 0.15) is 11.6 Å². The van der Waals surface area contributed by atoms with Gasteiger partial charge in [-0.2, -0.15) is 0 Å². The molecule has 1 heterocycles. The zero-order chi connectivity index (χ0) is 19.1. The highest BCUT2D eigenvalue weighted by molar-refractivity contribution is 7.99. The minimum atomic E-state index is -0.244. The molecule has 0 fully saturated rings. The summed E-state index contributed by atoms with van der Waals surface area (Å²) in [5, 5.41) is 11.9. The van der Waals surface area contributed by atoms with Gasteiger partial charge < -0.3 is 9.88 Å². The Morgan fingerprint density at radius 3 is 2.63 bits per heavy atom. The lowest BCUT2D eigenvalue weighted by atomic mass is 10.1. The average molecular weight is 384 g/mol. The lowest BCUT2D eigenvalue weighted by molar-refractivity contribution is -0.118. The van der Waals surface area contributed by atoms with E-state index in [1.807, 2.05) is 41.9 Å². The fourth-order valence-corrected chi connectivity index (χ4v) is 3.38. The number of amides is 1. The van der Waals surface area contributed by atoms with Crippen LogP contribution in [0.3, 0.4) is 0 Å². The van der Waals surface area contributed by atoms with Gasteiger partial charge in [0, 0.05) is 20.0 Å². The fraction of sp³-hybridized carbons (Fsp3) is 0.250. The van der Waals surface area contributed by atoms with E-state index in [0.717, 1.165) is 11.4 Å². The molecular weight excluding hydrogens is 363 g/mol. The topological polar surface area (TPSA) is 59.8 Å². The number of nitrogens with one attached hydrogen (secondary N) is 1. The van der Waals surface area contributed by atoms with Crippen molar-refractivity contribution in [1.82, 2.24) is 20.1 Å². The van der Waals surface area contributed by atoms with Crippen LogP contribution in [0.1, 0.15) is 17.0 Å². The average Bonchev–Trinajstić information content (AvgIpc) is 3.02. The predicted octanol–water partition coefficient (Wildman–Crippen LogP) is 3.00. The van der Waals surface area contributed by atoms with Crippen LogP contribution in [0.15, 0.2) is 59.8 Å². The normalized spacial score (nSPS) is 10.7. The second-order valence-corrected chi connectivity index (χ2v) is 7.04. The molecule has 0 radical (unpaired) electrons. The minimum Gasteiger partial charge on any atom is -0.355 e. The molecule has 0 spiro atoms. The molecule has 0 bridgehead atoms. The first-order chi connectivity index (χ1) is 13.1. The van der Waals surface area contributed by atoms with Gasteiger partial charge in [0.2, 0.25) is 5.91 Å². The summed E-state index contributed by atoms with van der Waals surface area (Å²) in [6.45, 7) is 0.401. The number of carbonyl (C=O) groups is 1. The third-order valence-corrected chi connectivity index (χ3v) is 5.16. The summed E-state index contributed by atoms with van der Waals surface area (Å²) in [6.07, 6.45) is 1.16. The fourth-order valence-electron chi connectivity index (χ4n) is 2.62. The van der Waals surface area contributed by atoms with Crippen molar-refractivity contribution in [3.63, 3.8) is 0 Å². The molecule has 0 saturated carbocycles. The molecule has 27 heavy (non-hydrogen) atoms. The Hall–Kier alpha value is -2.67. The first kappa shape index (κ1) is 19.1. The maximum atomic E-state index is 13.6. The molecule has 7 heteroatoms. The van der Waals surface area contributed by atoms with E-state index in [4.69, 9.17) is 0 Å². The van der Waals surface area contributed by atoms with Crippen LogP contribution in [-0.2, 0) is 24.7 Å². The summed E-state index contributed by atoms with van der Waals surface area (Å²) in [7, 11) is 1.90. The minimum absolute atomic E-state index is 0.107. The largest absolute Gasteiger partial charge is 0.355 e. The number of carbonyl (C=O) groups excluding carboxylic acids is 1. The Labute approximate surface area is 162 Å². The summed E-state index contributed by atoms with van der Waals surface area (Å²) in [6, 6.07) is 16.7. The SMILES string of the molecule is Cn1c(Cc2ccccc2)nnc1SCC(=O)NCCc1ccccc1F. The first-order valence-corrected chi connectivity index (χ1v) is 9.67. The predicted molar refractivity (Wildman–Crippen MR) is 104 cm³/mol. The maximum Gasteiger partial charge on any atom is 0.230 e. The van der Waals surface area contributed by atoms with Gasteiger partial charge in [0.05, 0.1) is 5.75 Å². The van der Waals surface area contributed by atoms with E-state index in [9.17, 15) is 9.18 Å². The second kappa shape index (κ2) is 9.32. The van der Waals surface area contributed by atoms with E-state index in [-0.39, 0.29) is 17.5 Å². The van der Waals surface area contributed by atoms with E-state index in [1.54, 1.807) is 18.2 Å². The third kappa shape index (κ3) is 5.40. The smallest absolute Gasteiger partial charge is 0.230 e. The van der Waals surface area contributed by atoms with E-state index < -0.39 is 0 Å². The van der Waals surface area contributed by atoms with Crippen molar-refractivity contribution in [2.45, 2.75) is 18.0 Å². The quantitative estimate of drug-likeness (QED) is 0.607. The number of nitrogens with zero attached hydrogens (tertiary/aromatic N) is 3. The molecule has 0 aliphatic carbocycles. The van der Waals surface area contributed by atoms with Crippen LogP contribution in [0.25, 0.3) is 0 Å². The lowest BCUT2D eigenvalue weighted by Crippen LogP contribution is -2.27. The van der Waals surface area contributed by atoms with Crippen molar-refractivity contribution in [2.24, 2.45) is 7.05 Å². The molecule has 0 saturated heterocycles. The monoisotopic (exact) mass is 384 g/mol. The Balaban J connectivity index is 1.46. The Morgan fingerprint density at radius 1 is 1.11 bits per heavy atom. The van der Waals surface area contributed by atoms with Gasteiger partial charge in [-0.1, -0.05) is 60.3 Å². The van der Waals surface area contributed by atoms with Crippen LogP contribution in [0.2, 0.25) is 0 Å². The maximum absolute atomic E-state index is 13.6. The Morgan fingerprint density at radius 2 is 1.85 bits per heavy atom.